The van der Waals surface area contributed by atoms with Gasteiger partial charge in [-0.25, -0.2) is 13.4 Å². The maximum atomic E-state index is 12.3. The Morgan fingerprint density at radius 1 is 1.37 bits per heavy atom. The number of para-hydroxylation sites is 1. The van der Waals surface area contributed by atoms with Crippen molar-refractivity contribution in [2.45, 2.75) is 18.0 Å². The third-order valence-electron chi connectivity index (χ3n) is 2.98. The maximum Gasteiger partial charge on any atom is 0.263 e. The van der Waals surface area contributed by atoms with Gasteiger partial charge in [0.2, 0.25) is 0 Å². The highest BCUT2D eigenvalue weighted by atomic mass is 35.7. The van der Waals surface area contributed by atoms with Gasteiger partial charge in [0.1, 0.15) is 17.3 Å². The summed E-state index contributed by atoms with van der Waals surface area (Å²) < 4.78 is 29.7. The largest absolute Gasteiger partial charge is 0.372 e. The van der Waals surface area contributed by atoms with Gasteiger partial charge in [-0.3, -0.25) is 9.36 Å². The molecule has 1 aliphatic rings. The molecule has 3 rings (SSSR count). The second kappa shape index (κ2) is 4.29. The first-order valence-electron chi connectivity index (χ1n) is 5.53. The zero-order valence-corrected chi connectivity index (χ0v) is 11.2. The van der Waals surface area contributed by atoms with Crippen LogP contribution in [0.2, 0.25) is 0 Å². The summed E-state index contributed by atoms with van der Waals surface area (Å²) in [6, 6.07) is 4.35. The van der Waals surface area contributed by atoms with Gasteiger partial charge in [-0.05, 0) is 12.1 Å². The van der Waals surface area contributed by atoms with Crippen molar-refractivity contribution in [1.82, 2.24) is 9.55 Å². The van der Waals surface area contributed by atoms with Gasteiger partial charge in [0.15, 0.2) is 0 Å². The molecule has 2 aromatic rings. The summed E-state index contributed by atoms with van der Waals surface area (Å²) in [5, 5.41) is 0.243. The van der Waals surface area contributed by atoms with E-state index in [2.05, 4.69) is 4.98 Å². The monoisotopic (exact) mass is 300 g/mol. The molecule has 6 nitrogen and oxygen atoms in total. The Morgan fingerprint density at radius 2 is 2.16 bits per heavy atom. The minimum absolute atomic E-state index is 0.0965. The Kier molecular flexibility index (Phi) is 2.84. The molecule has 19 heavy (non-hydrogen) atoms. The quantitative estimate of drug-likeness (QED) is 0.730. The van der Waals surface area contributed by atoms with Crippen molar-refractivity contribution in [3.05, 3.63) is 34.4 Å². The van der Waals surface area contributed by atoms with E-state index in [0.717, 1.165) is 0 Å². The molecule has 0 atom stereocenters. The van der Waals surface area contributed by atoms with E-state index in [-0.39, 0.29) is 28.0 Å². The lowest BCUT2D eigenvalue weighted by Crippen LogP contribution is -2.31. The van der Waals surface area contributed by atoms with Crippen molar-refractivity contribution in [1.29, 1.82) is 0 Å². The highest BCUT2D eigenvalue weighted by Crippen LogP contribution is 2.23. The number of halogens is 1. The predicted molar refractivity (Wildman–Crippen MR) is 68.7 cm³/mol. The van der Waals surface area contributed by atoms with Gasteiger partial charge in [-0.2, -0.15) is 0 Å². The number of fused-ring (bicyclic) bond motifs is 2. The molecular weight excluding hydrogens is 292 g/mol. The van der Waals surface area contributed by atoms with Gasteiger partial charge in [0.05, 0.1) is 24.1 Å². The molecule has 0 bridgehead atoms. The molecule has 0 amide bonds. The van der Waals surface area contributed by atoms with Crippen molar-refractivity contribution in [3.8, 4) is 0 Å². The van der Waals surface area contributed by atoms with Crippen LogP contribution >= 0.6 is 10.7 Å². The van der Waals surface area contributed by atoms with Crippen molar-refractivity contribution in [2.75, 3.05) is 6.61 Å². The molecule has 1 aromatic heterocycles. The van der Waals surface area contributed by atoms with Crippen LogP contribution in [-0.4, -0.2) is 24.6 Å². The van der Waals surface area contributed by atoms with Crippen molar-refractivity contribution in [3.63, 3.8) is 0 Å². The van der Waals surface area contributed by atoms with Crippen molar-refractivity contribution in [2.24, 2.45) is 0 Å². The lowest BCUT2D eigenvalue weighted by atomic mass is 10.2. The molecule has 1 aliphatic heterocycles. The molecule has 0 unspecified atom stereocenters. The van der Waals surface area contributed by atoms with E-state index in [1.54, 1.807) is 6.07 Å². The van der Waals surface area contributed by atoms with E-state index < -0.39 is 9.05 Å². The molecule has 0 saturated carbocycles. The third kappa shape index (κ3) is 2.03. The Morgan fingerprint density at radius 3 is 2.89 bits per heavy atom. The lowest BCUT2D eigenvalue weighted by molar-refractivity contribution is 0.0788. The fourth-order valence-electron chi connectivity index (χ4n) is 2.12. The van der Waals surface area contributed by atoms with Crippen molar-refractivity contribution < 1.29 is 13.2 Å². The topological polar surface area (TPSA) is 78.3 Å². The van der Waals surface area contributed by atoms with Crippen LogP contribution in [0.3, 0.4) is 0 Å². The average Bonchev–Trinajstić information content (AvgIpc) is 2.37. The van der Waals surface area contributed by atoms with Crippen molar-refractivity contribution >= 4 is 30.6 Å². The van der Waals surface area contributed by atoms with Crippen LogP contribution in [0.1, 0.15) is 5.82 Å². The van der Waals surface area contributed by atoms with Crippen LogP contribution in [0.25, 0.3) is 10.9 Å². The first-order chi connectivity index (χ1) is 8.98. The molecular formula is C11H9ClN2O4S. The normalized spacial score (nSPS) is 15.4. The van der Waals surface area contributed by atoms with Crippen LogP contribution in [-0.2, 0) is 26.9 Å². The molecule has 0 aliphatic carbocycles. The molecule has 0 spiro atoms. The fourth-order valence-corrected chi connectivity index (χ4v) is 3.12. The summed E-state index contributed by atoms with van der Waals surface area (Å²) in [6.07, 6.45) is 0. The van der Waals surface area contributed by atoms with Gasteiger partial charge in [-0.1, -0.05) is 6.07 Å². The molecule has 0 N–H and O–H groups in total. The molecule has 8 heteroatoms. The maximum absolute atomic E-state index is 12.3. The summed E-state index contributed by atoms with van der Waals surface area (Å²) in [7, 11) is 1.41. The fraction of sp³-hybridized carbons (Fsp3) is 0.273. The number of ether oxygens (including phenoxy) is 1. The SMILES string of the molecule is O=c1c2cccc(S(=O)(=O)Cl)c2nc2n1CCOC2. The number of hydrogen-bond donors (Lipinski definition) is 0. The van der Waals surface area contributed by atoms with Crippen LogP contribution in [0.4, 0.5) is 0 Å². The highest BCUT2D eigenvalue weighted by molar-refractivity contribution is 8.14. The van der Waals surface area contributed by atoms with Gasteiger partial charge in [0.25, 0.3) is 14.6 Å². The van der Waals surface area contributed by atoms with Gasteiger partial charge in [0, 0.05) is 10.7 Å². The Labute approximate surface area is 113 Å². The minimum atomic E-state index is -3.95. The highest BCUT2D eigenvalue weighted by Gasteiger charge is 2.20. The zero-order chi connectivity index (χ0) is 13.6. The number of rotatable bonds is 1. The molecule has 1 aromatic carbocycles. The van der Waals surface area contributed by atoms with Crippen LogP contribution < -0.4 is 5.56 Å². The summed E-state index contributed by atoms with van der Waals surface area (Å²) in [5.41, 5.74) is -0.176. The number of nitrogens with zero attached hydrogens (tertiary/aromatic N) is 2. The Balaban J connectivity index is 2.46. The van der Waals surface area contributed by atoms with Crippen LogP contribution in [0.5, 0.6) is 0 Å². The predicted octanol–water partition coefficient (Wildman–Crippen LogP) is 0.854. The van der Waals surface area contributed by atoms with Gasteiger partial charge < -0.3 is 4.74 Å². The lowest BCUT2D eigenvalue weighted by Gasteiger charge is -2.18. The van der Waals surface area contributed by atoms with Crippen LogP contribution in [0, 0.1) is 0 Å². The second-order valence-corrected chi connectivity index (χ2v) is 6.66. The van der Waals surface area contributed by atoms with E-state index in [1.807, 2.05) is 0 Å². The van der Waals surface area contributed by atoms with E-state index in [0.29, 0.717) is 19.0 Å². The first kappa shape index (κ1) is 12.6. The molecule has 2 heterocycles. The zero-order valence-electron chi connectivity index (χ0n) is 9.67. The minimum Gasteiger partial charge on any atom is -0.372 e. The van der Waals surface area contributed by atoms with E-state index in [4.69, 9.17) is 15.4 Å². The number of hydrogen-bond acceptors (Lipinski definition) is 5. The Bertz CT molecular complexity index is 828. The summed E-state index contributed by atoms with van der Waals surface area (Å²) in [5.74, 6) is 0.413. The standard InChI is InChI=1S/C11H9ClN2O4S/c12-19(16,17)8-3-1-2-7-10(8)13-9-6-18-5-4-14(9)11(7)15/h1-3H,4-6H2. The summed E-state index contributed by atoms with van der Waals surface area (Å²) in [4.78, 5) is 16.3. The molecule has 0 saturated heterocycles. The smallest absolute Gasteiger partial charge is 0.263 e. The molecule has 0 radical (unpaired) electrons. The van der Waals surface area contributed by atoms with Crippen LogP contribution in [0.15, 0.2) is 27.9 Å². The summed E-state index contributed by atoms with van der Waals surface area (Å²) >= 11 is 0. The molecule has 100 valence electrons. The second-order valence-electron chi connectivity index (χ2n) is 4.13. The van der Waals surface area contributed by atoms with Gasteiger partial charge in [-0.15, -0.1) is 0 Å². The Hall–Kier alpha value is -1.44. The number of benzene rings is 1. The van der Waals surface area contributed by atoms with Gasteiger partial charge >= 0.3 is 0 Å². The van der Waals surface area contributed by atoms with E-state index >= 15 is 0 Å². The van der Waals surface area contributed by atoms with E-state index in [9.17, 15) is 13.2 Å². The molecule has 0 fully saturated rings. The number of aromatic nitrogens is 2. The first-order valence-corrected chi connectivity index (χ1v) is 7.84. The average molecular weight is 301 g/mol. The summed E-state index contributed by atoms with van der Waals surface area (Å²) in [6.45, 7) is 1.03. The van der Waals surface area contributed by atoms with E-state index in [1.165, 1.54) is 16.7 Å². The third-order valence-corrected chi connectivity index (χ3v) is 4.33.